The van der Waals surface area contributed by atoms with Crippen molar-refractivity contribution in [2.45, 2.75) is 122 Å². The van der Waals surface area contributed by atoms with Crippen molar-refractivity contribution >= 4 is 11.9 Å². The minimum absolute atomic E-state index is 0.173. The second-order valence-corrected chi connectivity index (χ2v) is 13.5. The summed E-state index contributed by atoms with van der Waals surface area (Å²) in [5.41, 5.74) is 3.33. The first-order chi connectivity index (χ1) is 25.5. The van der Waals surface area contributed by atoms with E-state index in [1.54, 1.807) is 6.20 Å². The van der Waals surface area contributed by atoms with Crippen LogP contribution in [0.5, 0.6) is 0 Å². The van der Waals surface area contributed by atoms with E-state index in [1.807, 2.05) is 91.0 Å². The zero-order valence-electron chi connectivity index (χ0n) is 30.6. The van der Waals surface area contributed by atoms with Crippen molar-refractivity contribution in [1.82, 2.24) is 20.3 Å². The Hall–Kier alpha value is -4.38. The number of nitrogens with one attached hydrogen (secondary N) is 1. The summed E-state index contributed by atoms with van der Waals surface area (Å²) in [6.07, 6.45) is 9.03. The number of aromatic nitrogens is 3. The number of hydrogen-bond donors (Lipinski definition) is 1. The van der Waals surface area contributed by atoms with E-state index in [2.05, 4.69) is 22.6 Å². The van der Waals surface area contributed by atoms with Crippen LogP contribution in [0, 0.1) is 0 Å². The minimum atomic E-state index is -1.08. The van der Waals surface area contributed by atoms with E-state index < -0.39 is 36.6 Å². The summed E-state index contributed by atoms with van der Waals surface area (Å²) in [5, 5.41) is 11.9. The van der Waals surface area contributed by atoms with E-state index in [-0.39, 0.29) is 19.1 Å². The maximum atomic E-state index is 14.1. The van der Waals surface area contributed by atoms with E-state index in [9.17, 15) is 9.59 Å². The maximum absolute atomic E-state index is 14.1. The first kappa shape index (κ1) is 38.8. The van der Waals surface area contributed by atoms with E-state index in [0.717, 1.165) is 36.0 Å². The van der Waals surface area contributed by atoms with Gasteiger partial charge in [-0.05, 0) is 17.5 Å². The molecule has 1 saturated heterocycles. The van der Waals surface area contributed by atoms with Gasteiger partial charge in [-0.2, -0.15) is 0 Å². The van der Waals surface area contributed by atoms with Crippen LogP contribution < -0.4 is 5.32 Å². The van der Waals surface area contributed by atoms with Gasteiger partial charge in [-0.15, -0.1) is 5.10 Å². The average molecular weight is 711 g/mol. The molecule has 1 amide bonds. The summed E-state index contributed by atoms with van der Waals surface area (Å²) in [7, 11) is 0. The number of rotatable bonds is 22. The van der Waals surface area contributed by atoms with Crippen molar-refractivity contribution in [2.75, 3.05) is 6.54 Å². The van der Waals surface area contributed by atoms with Gasteiger partial charge in [-0.25, -0.2) is 4.68 Å². The third kappa shape index (κ3) is 11.8. The Labute approximate surface area is 308 Å². The highest BCUT2D eigenvalue weighted by molar-refractivity contribution is 5.81. The standard InChI is InChI=1S/C42H54N4O6/c1-3-4-5-6-7-8-9-10-11-21-28-43-41(48)39(50-31-34-24-17-13-18-25-34)38-37(49-30-33-22-15-12-16-23-33)40(51-32(2)47)42(52-38)46-29-36(44-45-46)35-26-19-14-20-27-35/h12-20,22-27,29,37-40,42H,3-11,21,28,30-31H2,1-2H3,(H,43,48)/t37-,38-,39-,40+,42+/m0/s1. The summed E-state index contributed by atoms with van der Waals surface area (Å²) >= 11 is 0. The van der Waals surface area contributed by atoms with Crippen molar-refractivity contribution in [1.29, 1.82) is 0 Å². The van der Waals surface area contributed by atoms with Crippen molar-refractivity contribution < 1.29 is 28.5 Å². The number of nitrogens with zero attached hydrogens (tertiary/aromatic N) is 3. The number of benzene rings is 3. The summed E-state index contributed by atoms with van der Waals surface area (Å²) in [6, 6.07) is 29.1. The summed E-state index contributed by atoms with van der Waals surface area (Å²) < 4.78 is 27.1. The van der Waals surface area contributed by atoms with Gasteiger partial charge in [0.25, 0.3) is 5.91 Å². The topological polar surface area (TPSA) is 114 Å². The van der Waals surface area contributed by atoms with Crippen LogP contribution in [-0.4, -0.2) is 57.8 Å². The molecule has 5 atom stereocenters. The Morgan fingerprint density at radius 1 is 0.769 bits per heavy atom. The van der Waals surface area contributed by atoms with E-state index in [0.29, 0.717) is 12.2 Å². The normalized spacial score (nSPS) is 19.0. The zero-order valence-corrected chi connectivity index (χ0v) is 30.6. The Balaban J connectivity index is 1.34. The molecular weight excluding hydrogens is 656 g/mol. The molecule has 1 aliphatic rings. The Morgan fingerprint density at radius 3 is 1.96 bits per heavy atom. The van der Waals surface area contributed by atoms with Gasteiger partial charge in [0, 0.05) is 19.0 Å². The first-order valence-electron chi connectivity index (χ1n) is 18.9. The van der Waals surface area contributed by atoms with Crippen LogP contribution >= 0.6 is 0 Å². The fourth-order valence-electron chi connectivity index (χ4n) is 6.54. The van der Waals surface area contributed by atoms with Crippen molar-refractivity contribution in [3.05, 3.63) is 108 Å². The van der Waals surface area contributed by atoms with Gasteiger partial charge in [0.15, 0.2) is 18.4 Å². The molecule has 0 unspecified atom stereocenters. The summed E-state index contributed by atoms with van der Waals surface area (Å²) in [5.74, 6) is -0.820. The lowest BCUT2D eigenvalue weighted by Crippen LogP contribution is -2.50. The van der Waals surface area contributed by atoms with Crippen LogP contribution in [0.1, 0.15) is 95.4 Å². The quantitative estimate of drug-likeness (QED) is 0.0645. The van der Waals surface area contributed by atoms with E-state index in [1.165, 1.54) is 56.6 Å². The Bertz CT molecular complexity index is 1600. The highest BCUT2D eigenvalue weighted by Gasteiger charge is 2.54. The second-order valence-electron chi connectivity index (χ2n) is 13.5. The molecule has 0 aliphatic carbocycles. The van der Waals surface area contributed by atoms with E-state index >= 15 is 0 Å². The van der Waals surface area contributed by atoms with Gasteiger partial charge in [0.1, 0.15) is 17.9 Å². The molecule has 1 N–H and O–H groups in total. The molecule has 2 heterocycles. The predicted molar refractivity (Wildman–Crippen MR) is 200 cm³/mol. The Morgan fingerprint density at radius 2 is 1.35 bits per heavy atom. The molecule has 0 radical (unpaired) electrons. The molecule has 5 rings (SSSR count). The number of ether oxygens (including phenoxy) is 4. The SMILES string of the molecule is CCCCCCCCCCCCNC(=O)[C@@H](OCc1ccccc1)[C@H]1O[C@@H](n2cc(-c3ccccc3)nn2)[C@H](OC(C)=O)[C@H]1OCc1ccccc1. The van der Waals surface area contributed by atoms with Crippen LogP contribution in [0.25, 0.3) is 11.3 Å². The molecule has 278 valence electrons. The molecule has 4 aromatic rings. The second kappa shape index (κ2) is 21.2. The maximum Gasteiger partial charge on any atom is 0.303 e. The lowest BCUT2D eigenvalue weighted by Gasteiger charge is -2.28. The largest absolute Gasteiger partial charge is 0.455 e. The summed E-state index contributed by atoms with van der Waals surface area (Å²) in [6.45, 7) is 4.48. The monoisotopic (exact) mass is 710 g/mol. The van der Waals surface area contributed by atoms with Crippen LogP contribution in [0.15, 0.2) is 97.2 Å². The molecule has 1 fully saturated rings. The van der Waals surface area contributed by atoms with Gasteiger partial charge < -0.3 is 24.3 Å². The number of carbonyl (C=O) groups is 2. The molecule has 10 nitrogen and oxygen atoms in total. The third-order valence-corrected chi connectivity index (χ3v) is 9.31. The smallest absolute Gasteiger partial charge is 0.303 e. The molecule has 1 aliphatic heterocycles. The number of esters is 1. The minimum Gasteiger partial charge on any atom is -0.455 e. The van der Waals surface area contributed by atoms with Crippen molar-refractivity contribution in [3.8, 4) is 11.3 Å². The van der Waals surface area contributed by atoms with Crippen LogP contribution in [0.3, 0.4) is 0 Å². The number of carbonyl (C=O) groups excluding carboxylic acids is 2. The van der Waals surface area contributed by atoms with Gasteiger partial charge in [0.05, 0.1) is 19.4 Å². The first-order valence-corrected chi connectivity index (χ1v) is 18.9. The van der Waals surface area contributed by atoms with Gasteiger partial charge in [-0.3, -0.25) is 9.59 Å². The zero-order chi connectivity index (χ0) is 36.4. The van der Waals surface area contributed by atoms with Crippen molar-refractivity contribution in [2.24, 2.45) is 0 Å². The van der Waals surface area contributed by atoms with Gasteiger partial charge in [0.2, 0.25) is 0 Å². The number of amides is 1. The molecule has 1 aromatic heterocycles. The molecule has 3 aromatic carbocycles. The fourth-order valence-corrected chi connectivity index (χ4v) is 6.54. The van der Waals surface area contributed by atoms with Crippen LogP contribution in [0.4, 0.5) is 0 Å². The molecule has 10 heteroatoms. The lowest BCUT2D eigenvalue weighted by molar-refractivity contribution is -0.159. The fraction of sp³-hybridized carbons (Fsp3) is 0.476. The van der Waals surface area contributed by atoms with Crippen LogP contribution in [0.2, 0.25) is 0 Å². The highest BCUT2D eigenvalue weighted by Crippen LogP contribution is 2.37. The average Bonchev–Trinajstić information content (AvgIpc) is 3.79. The molecule has 0 saturated carbocycles. The molecular formula is C42H54N4O6. The van der Waals surface area contributed by atoms with Crippen LogP contribution in [-0.2, 0) is 41.8 Å². The lowest BCUT2D eigenvalue weighted by atomic mass is 10.0. The van der Waals surface area contributed by atoms with Crippen molar-refractivity contribution in [3.63, 3.8) is 0 Å². The number of hydrogen-bond acceptors (Lipinski definition) is 8. The third-order valence-electron chi connectivity index (χ3n) is 9.31. The molecule has 0 bridgehead atoms. The predicted octanol–water partition coefficient (Wildman–Crippen LogP) is 7.98. The Kier molecular flexibility index (Phi) is 15.8. The molecule has 52 heavy (non-hydrogen) atoms. The highest BCUT2D eigenvalue weighted by atomic mass is 16.6. The van der Waals surface area contributed by atoms with Gasteiger partial charge >= 0.3 is 5.97 Å². The van der Waals surface area contributed by atoms with E-state index in [4.69, 9.17) is 18.9 Å². The number of unbranched alkanes of at least 4 members (excludes halogenated alkanes) is 9. The molecule has 0 spiro atoms. The van der Waals surface area contributed by atoms with Gasteiger partial charge in [-0.1, -0.05) is 161 Å². The summed E-state index contributed by atoms with van der Waals surface area (Å²) in [4.78, 5) is 26.7.